The van der Waals surface area contributed by atoms with Crippen LogP contribution in [0.25, 0.3) is 0 Å². The summed E-state index contributed by atoms with van der Waals surface area (Å²) in [6.45, 7) is 6.50. The van der Waals surface area contributed by atoms with Crippen LogP contribution in [-0.2, 0) is 9.53 Å². The molecule has 0 saturated heterocycles. The van der Waals surface area contributed by atoms with Gasteiger partial charge in [-0.1, -0.05) is 46.0 Å². The summed E-state index contributed by atoms with van der Waals surface area (Å²) in [5.74, 6) is 1.98. The van der Waals surface area contributed by atoms with E-state index >= 15 is 0 Å². The van der Waals surface area contributed by atoms with E-state index in [1.54, 1.807) is 0 Å². The third kappa shape index (κ3) is 16.6. The lowest BCUT2D eigenvalue weighted by molar-refractivity contribution is -0.147. The van der Waals surface area contributed by atoms with Gasteiger partial charge in [-0.2, -0.15) is 11.8 Å². The number of rotatable bonds is 18. The van der Waals surface area contributed by atoms with E-state index in [1.807, 2.05) is 18.7 Å². The van der Waals surface area contributed by atoms with Crippen molar-refractivity contribution in [2.45, 2.75) is 71.6 Å². The fraction of sp³-hybridized carbons (Fsp3) is 0.947. The molecule has 0 saturated carbocycles. The van der Waals surface area contributed by atoms with Gasteiger partial charge in [0, 0.05) is 12.3 Å². The Bertz CT molecular complexity index is 277. The van der Waals surface area contributed by atoms with Crippen LogP contribution in [-0.4, -0.2) is 48.9 Å². The lowest BCUT2D eigenvalue weighted by Gasteiger charge is -2.11. The van der Waals surface area contributed by atoms with E-state index in [9.17, 15) is 4.79 Å². The first kappa shape index (κ1) is 23.7. The molecule has 2 N–H and O–H groups in total. The van der Waals surface area contributed by atoms with Crippen LogP contribution in [0.5, 0.6) is 0 Å². The van der Waals surface area contributed by atoms with Crippen LogP contribution in [0.15, 0.2) is 0 Å². The van der Waals surface area contributed by atoms with E-state index in [4.69, 9.17) is 9.84 Å². The molecular weight excluding hydrogens is 322 g/mol. The highest BCUT2D eigenvalue weighted by Gasteiger charge is 2.13. The van der Waals surface area contributed by atoms with Crippen LogP contribution in [0.4, 0.5) is 0 Å². The van der Waals surface area contributed by atoms with Crippen LogP contribution in [0.2, 0.25) is 0 Å². The number of unbranched alkanes of at least 4 members (excludes halogenated alkanes) is 7. The van der Waals surface area contributed by atoms with Gasteiger partial charge in [0.1, 0.15) is 0 Å². The van der Waals surface area contributed by atoms with Crippen molar-refractivity contribution >= 4 is 17.7 Å². The van der Waals surface area contributed by atoms with E-state index in [0.29, 0.717) is 13.2 Å². The highest BCUT2D eigenvalue weighted by Crippen LogP contribution is 2.14. The van der Waals surface area contributed by atoms with Gasteiger partial charge in [-0.25, -0.2) is 0 Å². The summed E-state index contributed by atoms with van der Waals surface area (Å²) in [5, 5.41) is 11.8. The zero-order valence-electron chi connectivity index (χ0n) is 15.9. The molecule has 0 spiro atoms. The van der Waals surface area contributed by atoms with Crippen molar-refractivity contribution in [2.75, 3.05) is 37.8 Å². The monoisotopic (exact) mass is 361 g/mol. The summed E-state index contributed by atoms with van der Waals surface area (Å²) in [4.78, 5) is 11.9. The first-order valence-corrected chi connectivity index (χ1v) is 10.9. The smallest absolute Gasteiger partial charge is 0.309 e. The average molecular weight is 362 g/mol. The lowest BCUT2D eigenvalue weighted by Crippen LogP contribution is -2.20. The van der Waals surface area contributed by atoms with Gasteiger partial charge in [0.25, 0.3) is 0 Å². The number of hydrogen-bond donors (Lipinski definition) is 2. The number of aliphatic hydroxyl groups excluding tert-OH is 1. The molecule has 0 aromatic carbocycles. The minimum Gasteiger partial charge on any atom is -0.465 e. The molecule has 4 nitrogen and oxygen atoms in total. The zero-order valence-corrected chi connectivity index (χ0v) is 16.7. The molecule has 0 fully saturated rings. The van der Waals surface area contributed by atoms with E-state index in [0.717, 1.165) is 37.3 Å². The molecule has 0 aliphatic carbocycles. The third-order valence-corrected chi connectivity index (χ3v) is 5.26. The van der Waals surface area contributed by atoms with Gasteiger partial charge in [0.2, 0.25) is 0 Å². The first-order valence-electron chi connectivity index (χ1n) is 9.78. The highest BCUT2D eigenvalue weighted by atomic mass is 32.2. The van der Waals surface area contributed by atoms with E-state index in [1.165, 1.54) is 38.5 Å². The fourth-order valence-corrected chi connectivity index (χ4v) is 3.43. The average Bonchev–Trinajstić information content (AvgIpc) is 2.59. The van der Waals surface area contributed by atoms with Crippen molar-refractivity contribution < 1.29 is 14.6 Å². The van der Waals surface area contributed by atoms with E-state index in [-0.39, 0.29) is 18.5 Å². The summed E-state index contributed by atoms with van der Waals surface area (Å²) in [6, 6.07) is 0. The van der Waals surface area contributed by atoms with Gasteiger partial charge in [-0.05, 0) is 38.0 Å². The number of ether oxygens (including phenoxy) is 1. The van der Waals surface area contributed by atoms with Gasteiger partial charge in [0.05, 0.1) is 19.1 Å². The number of nitrogens with one attached hydrogen (secondary N) is 1. The van der Waals surface area contributed by atoms with Gasteiger partial charge in [0.15, 0.2) is 0 Å². The number of thioether (sulfide) groups is 1. The maximum atomic E-state index is 11.9. The van der Waals surface area contributed by atoms with Crippen molar-refractivity contribution in [1.29, 1.82) is 0 Å². The molecule has 0 heterocycles. The van der Waals surface area contributed by atoms with Crippen LogP contribution in [0, 0.1) is 5.92 Å². The predicted octanol–water partition coefficient (Wildman–Crippen LogP) is 4.01. The molecule has 1 atom stereocenters. The fourth-order valence-electron chi connectivity index (χ4n) is 2.36. The van der Waals surface area contributed by atoms with Gasteiger partial charge in [-0.15, -0.1) is 0 Å². The second-order valence-electron chi connectivity index (χ2n) is 6.45. The Kier molecular flexibility index (Phi) is 18.9. The van der Waals surface area contributed by atoms with Crippen LogP contribution >= 0.6 is 11.8 Å². The quantitative estimate of drug-likeness (QED) is 0.285. The van der Waals surface area contributed by atoms with Gasteiger partial charge < -0.3 is 15.2 Å². The van der Waals surface area contributed by atoms with E-state index in [2.05, 4.69) is 12.2 Å². The number of carbonyl (C=O) groups is 1. The second kappa shape index (κ2) is 19.1. The Hall–Kier alpha value is -0.260. The van der Waals surface area contributed by atoms with Crippen molar-refractivity contribution in [3.05, 3.63) is 0 Å². The summed E-state index contributed by atoms with van der Waals surface area (Å²) < 4.78 is 5.34. The Morgan fingerprint density at radius 1 is 1.04 bits per heavy atom. The first-order chi connectivity index (χ1) is 11.7. The molecule has 0 aromatic rings. The van der Waals surface area contributed by atoms with E-state index < -0.39 is 0 Å². The van der Waals surface area contributed by atoms with Crippen molar-refractivity contribution in [1.82, 2.24) is 5.32 Å². The Morgan fingerprint density at radius 3 is 2.50 bits per heavy atom. The lowest BCUT2D eigenvalue weighted by atomic mass is 10.1. The molecule has 0 rings (SSSR count). The number of aliphatic hydroxyl groups is 1. The molecule has 5 heteroatoms. The largest absolute Gasteiger partial charge is 0.465 e. The third-order valence-electron chi connectivity index (χ3n) is 3.94. The predicted molar refractivity (Wildman–Crippen MR) is 105 cm³/mol. The Balaban J connectivity index is 3.34. The molecule has 0 bridgehead atoms. The summed E-state index contributed by atoms with van der Waals surface area (Å²) in [6.07, 6.45) is 11.0. The van der Waals surface area contributed by atoms with Crippen molar-refractivity contribution in [3.63, 3.8) is 0 Å². The molecule has 0 aliphatic rings. The second-order valence-corrected chi connectivity index (χ2v) is 7.60. The Morgan fingerprint density at radius 2 is 1.75 bits per heavy atom. The molecule has 1 unspecified atom stereocenters. The highest BCUT2D eigenvalue weighted by molar-refractivity contribution is 7.99. The van der Waals surface area contributed by atoms with Crippen molar-refractivity contribution in [2.24, 2.45) is 5.92 Å². The maximum Gasteiger partial charge on any atom is 0.309 e. The summed E-state index contributed by atoms with van der Waals surface area (Å²) in [5.41, 5.74) is 0. The SMILES string of the molecule is CCCCCCCCSCC(C)C(=O)OCCCCCNCCO. The maximum absolute atomic E-state index is 11.9. The standard InChI is InChI=1S/C19H39NO3S/c1-3-4-5-6-7-11-16-24-17-18(2)19(22)23-15-10-8-9-12-20-13-14-21/h18,20-21H,3-17H2,1-2H3. The minimum absolute atomic E-state index is 0.00122. The zero-order chi connectivity index (χ0) is 17.9. The summed E-state index contributed by atoms with van der Waals surface area (Å²) in [7, 11) is 0. The van der Waals surface area contributed by atoms with Crippen LogP contribution in [0.3, 0.4) is 0 Å². The Labute approximate surface area is 153 Å². The topological polar surface area (TPSA) is 58.6 Å². The number of hydrogen-bond acceptors (Lipinski definition) is 5. The molecule has 0 aliphatic heterocycles. The number of carbonyl (C=O) groups excluding carboxylic acids is 1. The molecule has 144 valence electrons. The number of esters is 1. The summed E-state index contributed by atoms with van der Waals surface area (Å²) >= 11 is 1.88. The molecule has 0 aromatic heterocycles. The molecule has 24 heavy (non-hydrogen) atoms. The molecule has 0 amide bonds. The van der Waals surface area contributed by atoms with Gasteiger partial charge in [-0.3, -0.25) is 4.79 Å². The molecule has 0 radical (unpaired) electrons. The normalized spacial score (nSPS) is 12.3. The molecular formula is C19H39NO3S. The van der Waals surface area contributed by atoms with Crippen molar-refractivity contribution in [3.8, 4) is 0 Å². The van der Waals surface area contributed by atoms with Crippen LogP contribution in [0.1, 0.15) is 71.6 Å². The minimum atomic E-state index is -0.0520. The van der Waals surface area contributed by atoms with Gasteiger partial charge >= 0.3 is 5.97 Å². The van der Waals surface area contributed by atoms with Crippen LogP contribution < -0.4 is 5.32 Å².